The van der Waals surface area contributed by atoms with E-state index in [9.17, 15) is 4.79 Å². The molecule has 0 aliphatic carbocycles. The van der Waals surface area contributed by atoms with Crippen molar-refractivity contribution >= 4 is 39.1 Å². The zero-order valence-electron chi connectivity index (χ0n) is 11.3. The van der Waals surface area contributed by atoms with Crippen LogP contribution in [0, 0.1) is 0 Å². The SMILES string of the molecule is CC(C)c1ccc(C(=O)Nc2ccc(Cl)c(Br)c2)cc1. The fourth-order valence-corrected chi connectivity index (χ4v) is 2.29. The maximum absolute atomic E-state index is 12.1. The molecule has 2 nitrogen and oxygen atoms in total. The lowest BCUT2D eigenvalue weighted by molar-refractivity contribution is 0.102. The molecule has 2 rings (SSSR count). The topological polar surface area (TPSA) is 29.1 Å². The monoisotopic (exact) mass is 351 g/mol. The number of anilines is 1. The van der Waals surface area contributed by atoms with Crippen molar-refractivity contribution in [3.05, 3.63) is 63.1 Å². The number of hydrogen-bond acceptors (Lipinski definition) is 1. The summed E-state index contributed by atoms with van der Waals surface area (Å²) >= 11 is 9.26. The molecule has 0 aromatic heterocycles. The standard InChI is InChI=1S/C16H15BrClNO/c1-10(2)11-3-5-12(6-4-11)16(20)19-13-7-8-15(18)14(17)9-13/h3-10H,1-2H3,(H,19,20). The molecule has 0 atom stereocenters. The van der Waals surface area contributed by atoms with Crippen molar-refractivity contribution in [2.75, 3.05) is 5.32 Å². The predicted molar refractivity (Wildman–Crippen MR) is 87.6 cm³/mol. The first-order valence-corrected chi connectivity index (χ1v) is 7.51. The number of nitrogens with one attached hydrogen (secondary N) is 1. The van der Waals surface area contributed by atoms with E-state index < -0.39 is 0 Å². The van der Waals surface area contributed by atoms with Crippen LogP contribution in [0.4, 0.5) is 5.69 Å². The lowest BCUT2D eigenvalue weighted by atomic mass is 10.0. The highest BCUT2D eigenvalue weighted by molar-refractivity contribution is 9.10. The summed E-state index contributed by atoms with van der Waals surface area (Å²) in [7, 11) is 0. The van der Waals surface area contributed by atoms with E-state index in [1.165, 1.54) is 5.56 Å². The first-order valence-electron chi connectivity index (χ1n) is 6.33. The Labute approximate surface area is 132 Å². The third-order valence-corrected chi connectivity index (χ3v) is 4.23. The maximum atomic E-state index is 12.1. The van der Waals surface area contributed by atoms with Gasteiger partial charge in [-0.15, -0.1) is 0 Å². The first kappa shape index (κ1) is 15.1. The number of amides is 1. The van der Waals surface area contributed by atoms with Gasteiger partial charge in [0.15, 0.2) is 0 Å². The van der Waals surface area contributed by atoms with E-state index in [2.05, 4.69) is 35.1 Å². The molecule has 0 saturated carbocycles. The van der Waals surface area contributed by atoms with Crippen LogP contribution in [-0.2, 0) is 0 Å². The molecule has 104 valence electrons. The summed E-state index contributed by atoms with van der Waals surface area (Å²) < 4.78 is 0.757. The van der Waals surface area contributed by atoms with Crippen LogP contribution in [0.2, 0.25) is 5.02 Å². The lowest BCUT2D eigenvalue weighted by Crippen LogP contribution is -2.11. The van der Waals surface area contributed by atoms with Crippen LogP contribution in [0.3, 0.4) is 0 Å². The van der Waals surface area contributed by atoms with Crippen LogP contribution >= 0.6 is 27.5 Å². The van der Waals surface area contributed by atoms with E-state index in [1.54, 1.807) is 18.2 Å². The number of hydrogen-bond donors (Lipinski definition) is 1. The molecule has 1 N–H and O–H groups in total. The summed E-state index contributed by atoms with van der Waals surface area (Å²) in [5, 5.41) is 3.46. The van der Waals surface area contributed by atoms with Crippen molar-refractivity contribution < 1.29 is 4.79 Å². The van der Waals surface area contributed by atoms with E-state index in [0.717, 1.165) is 4.47 Å². The number of halogens is 2. The van der Waals surface area contributed by atoms with Gasteiger partial charge in [0.1, 0.15) is 0 Å². The molecule has 2 aromatic carbocycles. The highest BCUT2D eigenvalue weighted by atomic mass is 79.9. The normalized spacial score (nSPS) is 10.7. The van der Waals surface area contributed by atoms with Crippen molar-refractivity contribution in [2.24, 2.45) is 0 Å². The second-order valence-corrected chi connectivity index (χ2v) is 6.12. The zero-order valence-corrected chi connectivity index (χ0v) is 13.6. The van der Waals surface area contributed by atoms with Crippen LogP contribution < -0.4 is 5.32 Å². The molecule has 0 unspecified atom stereocenters. The molecular formula is C16H15BrClNO. The Morgan fingerprint density at radius 1 is 1.15 bits per heavy atom. The van der Waals surface area contributed by atoms with E-state index in [0.29, 0.717) is 22.2 Å². The van der Waals surface area contributed by atoms with E-state index in [-0.39, 0.29) is 5.91 Å². The van der Waals surface area contributed by atoms with Crippen molar-refractivity contribution in [2.45, 2.75) is 19.8 Å². The Morgan fingerprint density at radius 2 is 1.80 bits per heavy atom. The van der Waals surface area contributed by atoms with Gasteiger partial charge in [0, 0.05) is 15.7 Å². The van der Waals surface area contributed by atoms with E-state index >= 15 is 0 Å². The second-order valence-electron chi connectivity index (χ2n) is 4.86. The van der Waals surface area contributed by atoms with Gasteiger partial charge >= 0.3 is 0 Å². The highest BCUT2D eigenvalue weighted by Crippen LogP contribution is 2.26. The summed E-state index contributed by atoms with van der Waals surface area (Å²) in [4.78, 5) is 12.1. The zero-order chi connectivity index (χ0) is 14.7. The highest BCUT2D eigenvalue weighted by Gasteiger charge is 2.08. The van der Waals surface area contributed by atoms with Crippen LogP contribution in [0.5, 0.6) is 0 Å². The van der Waals surface area contributed by atoms with Crippen LogP contribution in [0.25, 0.3) is 0 Å². The number of carbonyl (C=O) groups is 1. The molecule has 4 heteroatoms. The summed E-state index contributed by atoms with van der Waals surface area (Å²) in [6.45, 7) is 4.25. The van der Waals surface area contributed by atoms with Crippen LogP contribution in [0.1, 0.15) is 35.7 Å². The van der Waals surface area contributed by atoms with Crippen LogP contribution in [-0.4, -0.2) is 5.91 Å². The summed E-state index contributed by atoms with van der Waals surface area (Å²) in [6, 6.07) is 12.9. The predicted octanol–water partition coefficient (Wildman–Crippen LogP) is 5.48. The molecular weight excluding hydrogens is 338 g/mol. The van der Waals surface area contributed by atoms with Gasteiger partial charge < -0.3 is 5.32 Å². The minimum absolute atomic E-state index is 0.130. The Hall–Kier alpha value is -1.32. The Balaban J connectivity index is 2.13. The van der Waals surface area contributed by atoms with Gasteiger partial charge in [-0.2, -0.15) is 0 Å². The largest absolute Gasteiger partial charge is 0.322 e. The quantitative estimate of drug-likeness (QED) is 0.779. The molecule has 1 amide bonds. The molecule has 0 aliphatic rings. The third kappa shape index (κ3) is 3.62. The molecule has 20 heavy (non-hydrogen) atoms. The Kier molecular flexibility index (Phi) is 4.84. The number of benzene rings is 2. The minimum Gasteiger partial charge on any atom is -0.322 e. The number of carbonyl (C=O) groups excluding carboxylic acids is 1. The van der Waals surface area contributed by atoms with Crippen molar-refractivity contribution in [1.29, 1.82) is 0 Å². The minimum atomic E-state index is -0.130. The molecule has 0 bridgehead atoms. The summed E-state index contributed by atoms with van der Waals surface area (Å²) in [6.07, 6.45) is 0. The molecule has 0 aliphatic heterocycles. The van der Waals surface area contributed by atoms with Crippen molar-refractivity contribution in [3.63, 3.8) is 0 Å². The van der Waals surface area contributed by atoms with Gasteiger partial charge in [-0.25, -0.2) is 0 Å². The van der Waals surface area contributed by atoms with Crippen molar-refractivity contribution in [3.8, 4) is 0 Å². The van der Waals surface area contributed by atoms with Gasteiger partial charge in [0.25, 0.3) is 5.91 Å². The third-order valence-electron chi connectivity index (χ3n) is 3.02. The van der Waals surface area contributed by atoms with Gasteiger partial charge in [0.05, 0.1) is 5.02 Å². The van der Waals surface area contributed by atoms with Crippen LogP contribution in [0.15, 0.2) is 46.9 Å². The van der Waals surface area contributed by atoms with E-state index in [4.69, 9.17) is 11.6 Å². The molecule has 0 fully saturated rings. The molecule has 0 spiro atoms. The summed E-state index contributed by atoms with van der Waals surface area (Å²) in [5.74, 6) is 0.328. The first-order chi connectivity index (χ1) is 9.47. The lowest BCUT2D eigenvalue weighted by Gasteiger charge is -2.08. The van der Waals surface area contributed by atoms with E-state index in [1.807, 2.05) is 24.3 Å². The average Bonchev–Trinajstić information content (AvgIpc) is 2.43. The van der Waals surface area contributed by atoms with Gasteiger partial charge in [0.2, 0.25) is 0 Å². The molecule has 0 saturated heterocycles. The molecule has 2 aromatic rings. The Morgan fingerprint density at radius 3 is 2.35 bits per heavy atom. The van der Waals surface area contributed by atoms with Gasteiger partial charge in [-0.1, -0.05) is 37.6 Å². The van der Waals surface area contributed by atoms with Gasteiger partial charge in [-0.05, 0) is 57.7 Å². The number of rotatable bonds is 3. The fourth-order valence-electron chi connectivity index (χ4n) is 1.80. The maximum Gasteiger partial charge on any atom is 0.255 e. The average molecular weight is 353 g/mol. The summed E-state index contributed by atoms with van der Waals surface area (Å²) in [5.41, 5.74) is 2.57. The second kappa shape index (κ2) is 6.42. The van der Waals surface area contributed by atoms with Gasteiger partial charge in [-0.3, -0.25) is 4.79 Å². The Bertz CT molecular complexity index is 623. The van der Waals surface area contributed by atoms with Crippen molar-refractivity contribution in [1.82, 2.24) is 0 Å². The molecule has 0 heterocycles. The molecule has 0 radical (unpaired) electrons. The smallest absolute Gasteiger partial charge is 0.255 e. The fraction of sp³-hybridized carbons (Fsp3) is 0.188.